The van der Waals surface area contributed by atoms with Crippen molar-refractivity contribution in [2.45, 2.75) is 288 Å². The monoisotopic (exact) mass is 980 g/mol. The van der Waals surface area contributed by atoms with E-state index in [0.29, 0.717) is 19.3 Å². The van der Waals surface area contributed by atoms with Crippen molar-refractivity contribution in [1.29, 1.82) is 0 Å². The van der Waals surface area contributed by atoms with Gasteiger partial charge in [0.05, 0.1) is 38.8 Å². The first kappa shape index (κ1) is 63.3. The molecule has 396 valence electrons. The van der Waals surface area contributed by atoms with E-state index in [9.17, 15) is 34.3 Å². The maximum Gasteiger partial charge on any atom is 0.469 e. The quantitative estimate of drug-likeness (QED) is 0.0190. The lowest BCUT2D eigenvalue weighted by Crippen LogP contribution is -2.66. The first-order valence-corrected chi connectivity index (χ1v) is 28.5. The molecule has 0 aromatic carbocycles. The second kappa shape index (κ2) is 42.0. The van der Waals surface area contributed by atoms with Gasteiger partial charge in [-0.25, -0.2) is 4.57 Å². The number of ether oxygens (including phenoxy) is 4. The lowest BCUT2D eigenvalue weighted by Gasteiger charge is -2.44. The minimum Gasteiger partial charge on any atom is -0.462 e. The Morgan fingerprint density at radius 3 is 1.55 bits per heavy atom. The highest BCUT2D eigenvalue weighted by atomic mass is 31.2. The fourth-order valence-corrected chi connectivity index (χ4v) is 9.01. The number of hydrogen-bond acceptors (Lipinski definition) is 12. The van der Waals surface area contributed by atoms with Crippen LogP contribution >= 0.6 is 7.82 Å². The summed E-state index contributed by atoms with van der Waals surface area (Å²) in [7, 11) is -4.73. The molecule has 1 fully saturated rings. The van der Waals surface area contributed by atoms with E-state index in [1.807, 2.05) is 0 Å². The summed E-state index contributed by atoms with van der Waals surface area (Å²) in [6.07, 6.45) is 25.6. The number of hydrogen-bond donors (Lipinski definition) is 6. The number of unbranched alkanes of at least 4 members (excludes halogenated alkanes) is 26. The summed E-state index contributed by atoms with van der Waals surface area (Å²) >= 11 is 0. The molecule has 0 aromatic heterocycles. The molecule has 0 aromatic rings. The highest BCUT2D eigenvalue weighted by Gasteiger charge is 2.49. The molecule has 0 radical (unpaired) electrons. The normalized spacial score (nSPS) is 19.6. The standard InChI is InChI=1S/C51H98NO14P/c1-4-7-10-13-16-19-20-23-26-29-32-36-46(56)64-43(35-31-28-25-22-18-15-12-9-6-3)40-47(57)66-50-48(51(65-44(41-53)49(50)58)62-37-33-38-63-67(59,60)61)52-45(55)39-42(54)34-30-27-24-21-17-14-11-8-5-2/h42-44,48-51,53-54,58H,4-41H2,1-3H3,(H,52,55)(H2,59,60,61)/t42-,43-,44-,48-,49-,50-,51-/m1/s1. The van der Waals surface area contributed by atoms with Gasteiger partial charge in [-0.3, -0.25) is 18.9 Å². The Morgan fingerprint density at radius 1 is 0.612 bits per heavy atom. The zero-order chi connectivity index (χ0) is 49.4. The van der Waals surface area contributed by atoms with Crippen molar-refractivity contribution in [3.8, 4) is 0 Å². The molecule has 1 amide bonds. The first-order chi connectivity index (χ1) is 32.3. The van der Waals surface area contributed by atoms with E-state index in [0.717, 1.165) is 70.6 Å². The van der Waals surface area contributed by atoms with E-state index >= 15 is 0 Å². The zero-order valence-electron chi connectivity index (χ0n) is 42.3. The minimum atomic E-state index is -4.73. The molecule has 0 bridgehead atoms. The molecule has 7 atom stereocenters. The van der Waals surface area contributed by atoms with Crippen LogP contribution in [-0.2, 0) is 42.4 Å². The number of aliphatic hydroxyl groups excluding tert-OH is 3. The summed E-state index contributed by atoms with van der Waals surface area (Å²) in [5.74, 6) is -1.77. The van der Waals surface area contributed by atoms with Gasteiger partial charge >= 0.3 is 19.8 Å². The third-order valence-corrected chi connectivity index (χ3v) is 13.2. The van der Waals surface area contributed by atoms with Crippen LogP contribution in [0.1, 0.15) is 245 Å². The van der Waals surface area contributed by atoms with Crippen LogP contribution in [0.3, 0.4) is 0 Å². The second-order valence-corrected chi connectivity index (χ2v) is 20.2. The van der Waals surface area contributed by atoms with Crippen LogP contribution < -0.4 is 5.32 Å². The predicted molar refractivity (Wildman–Crippen MR) is 262 cm³/mol. The molecule has 6 N–H and O–H groups in total. The van der Waals surface area contributed by atoms with Crippen LogP contribution in [0.25, 0.3) is 0 Å². The highest BCUT2D eigenvalue weighted by molar-refractivity contribution is 7.46. The average Bonchev–Trinajstić information content (AvgIpc) is 3.28. The number of amides is 1. The highest BCUT2D eigenvalue weighted by Crippen LogP contribution is 2.35. The van der Waals surface area contributed by atoms with Gasteiger partial charge in [0.15, 0.2) is 12.4 Å². The van der Waals surface area contributed by atoms with Gasteiger partial charge in [0.1, 0.15) is 24.4 Å². The molecule has 1 aliphatic rings. The fraction of sp³-hybridized carbons (Fsp3) is 0.941. The Hall–Kier alpha value is -1.68. The summed E-state index contributed by atoms with van der Waals surface area (Å²) in [6.45, 7) is 5.39. The minimum absolute atomic E-state index is 0.00495. The van der Waals surface area contributed by atoms with Gasteiger partial charge < -0.3 is 49.4 Å². The van der Waals surface area contributed by atoms with Gasteiger partial charge in [0, 0.05) is 6.42 Å². The zero-order valence-corrected chi connectivity index (χ0v) is 43.2. The van der Waals surface area contributed by atoms with Gasteiger partial charge in [-0.2, -0.15) is 0 Å². The van der Waals surface area contributed by atoms with E-state index in [1.165, 1.54) is 109 Å². The van der Waals surface area contributed by atoms with Crippen molar-refractivity contribution in [3.05, 3.63) is 0 Å². The SMILES string of the molecule is CCCCCCCCCCCCCC(=O)O[C@H](CCCCCCCCCCC)CC(=O)O[C@H]1[C@H](O)[C@@H](CO)O[C@@H](OCCCOP(=O)(O)O)[C@@H]1NC(=O)C[C@H](O)CCCCCCCCCCC. The third-order valence-electron chi connectivity index (χ3n) is 12.6. The molecule has 1 saturated heterocycles. The van der Waals surface area contributed by atoms with E-state index in [-0.39, 0.29) is 44.9 Å². The number of carbonyl (C=O) groups excluding carboxylic acids is 3. The maximum atomic E-state index is 13.8. The van der Waals surface area contributed by atoms with Crippen molar-refractivity contribution in [2.24, 2.45) is 0 Å². The molecular formula is C51H98NO14P. The maximum absolute atomic E-state index is 13.8. The Labute approximate surface area is 405 Å². The second-order valence-electron chi connectivity index (χ2n) is 19.0. The summed E-state index contributed by atoms with van der Waals surface area (Å²) in [5.41, 5.74) is 0. The molecular weight excluding hydrogens is 882 g/mol. The van der Waals surface area contributed by atoms with E-state index in [1.54, 1.807) is 0 Å². The van der Waals surface area contributed by atoms with Gasteiger partial charge in [0.25, 0.3) is 0 Å². The van der Waals surface area contributed by atoms with E-state index < -0.39 is 69.2 Å². The predicted octanol–water partition coefficient (Wildman–Crippen LogP) is 10.6. The van der Waals surface area contributed by atoms with Crippen LogP contribution in [0, 0.1) is 0 Å². The summed E-state index contributed by atoms with van der Waals surface area (Å²) < 4.78 is 39.2. The van der Waals surface area contributed by atoms with Crippen LogP contribution in [0.5, 0.6) is 0 Å². The Kier molecular flexibility index (Phi) is 39.7. The summed E-state index contributed by atoms with van der Waals surface area (Å²) in [6, 6.07) is -1.31. The third kappa shape index (κ3) is 35.1. The largest absolute Gasteiger partial charge is 0.469 e. The Balaban J connectivity index is 3.01. The Morgan fingerprint density at radius 2 is 1.07 bits per heavy atom. The molecule has 1 aliphatic heterocycles. The molecule has 0 aliphatic carbocycles. The van der Waals surface area contributed by atoms with Crippen molar-refractivity contribution in [1.82, 2.24) is 5.32 Å². The van der Waals surface area contributed by atoms with Crippen LogP contribution in [0.4, 0.5) is 0 Å². The van der Waals surface area contributed by atoms with Gasteiger partial charge in [-0.15, -0.1) is 0 Å². The number of phosphoric acid groups is 1. The molecule has 67 heavy (non-hydrogen) atoms. The number of phosphoric ester groups is 1. The van der Waals surface area contributed by atoms with Crippen molar-refractivity contribution in [2.75, 3.05) is 19.8 Å². The van der Waals surface area contributed by atoms with E-state index in [4.69, 9.17) is 28.7 Å². The fourth-order valence-electron chi connectivity index (χ4n) is 8.65. The Bertz CT molecular complexity index is 1260. The molecule has 0 spiro atoms. The van der Waals surface area contributed by atoms with Gasteiger partial charge in [-0.05, 0) is 32.1 Å². The first-order valence-electron chi connectivity index (χ1n) is 27.0. The molecule has 1 heterocycles. The smallest absolute Gasteiger partial charge is 0.462 e. The van der Waals surface area contributed by atoms with Crippen molar-refractivity contribution >= 4 is 25.7 Å². The van der Waals surface area contributed by atoms with Gasteiger partial charge in [0.2, 0.25) is 5.91 Å². The van der Waals surface area contributed by atoms with Gasteiger partial charge in [-0.1, -0.05) is 194 Å². The number of carbonyl (C=O) groups is 3. The molecule has 16 heteroatoms. The van der Waals surface area contributed by atoms with Crippen LogP contribution in [-0.4, -0.2) is 106 Å². The molecule has 0 saturated carbocycles. The number of esters is 2. The summed E-state index contributed by atoms with van der Waals surface area (Å²) in [4.78, 5) is 58.6. The summed E-state index contributed by atoms with van der Waals surface area (Å²) in [5, 5.41) is 35.1. The average molecular weight is 980 g/mol. The lowest BCUT2D eigenvalue weighted by atomic mass is 9.96. The number of nitrogens with one attached hydrogen (secondary N) is 1. The topological polar surface area (TPSA) is 228 Å². The molecule has 1 rings (SSSR count). The van der Waals surface area contributed by atoms with Crippen molar-refractivity contribution in [3.63, 3.8) is 0 Å². The molecule has 15 nitrogen and oxygen atoms in total. The number of rotatable bonds is 46. The van der Waals surface area contributed by atoms with E-state index in [2.05, 4.69) is 30.6 Å². The van der Waals surface area contributed by atoms with Crippen LogP contribution in [0.15, 0.2) is 0 Å². The van der Waals surface area contributed by atoms with Crippen LogP contribution in [0.2, 0.25) is 0 Å². The number of aliphatic hydroxyl groups is 3. The lowest BCUT2D eigenvalue weighted by molar-refractivity contribution is -0.274. The van der Waals surface area contributed by atoms with Crippen molar-refractivity contribution < 1.29 is 67.5 Å². The molecule has 0 unspecified atom stereocenters.